The van der Waals surface area contributed by atoms with Gasteiger partial charge in [-0.3, -0.25) is 4.99 Å². The Labute approximate surface area is 142 Å². The van der Waals surface area contributed by atoms with Gasteiger partial charge in [0.1, 0.15) is 0 Å². The van der Waals surface area contributed by atoms with Gasteiger partial charge in [-0.1, -0.05) is 33.1 Å². The Kier molecular flexibility index (Phi) is 12.7. The van der Waals surface area contributed by atoms with E-state index in [0.717, 1.165) is 19.6 Å². The minimum absolute atomic E-state index is 0. The molecule has 1 aliphatic heterocycles. The van der Waals surface area contributed by atoms with E-state index in [1.807, 2.05) is 0 Å². The molecule has 0 aromatic carbocycles. The summed E-state index contributed by atoms with van der Waals surface area (Å²) in [5.41, 5.74) is 5.87. The van der Waals surface area contributed by atoms with Gasteiger partial charge in [-0.2, -0.15) is 0 Å². The summed E-state index contributed by atoms with van der Waals surface area (Å²) < 4.78 is 0. The molecule has 1 rings (SSSR count). The van der Waals surface area contributed by atoms with Crippen LogP contribution < -0.4 is 11.1 Å². The molecule has 0 radical (unpaired) electrons. The van der Waals surface area contributed by atoms with Crippen LogP contribution in [-0.4, -0.2) is 43.6 Å². The summed E-state index contributed by atoms with van der Waals surface area (Å²) in [5.74, 6) is 1.21. The Morgan fingerprint density at radius 1 is 1.25 bits per heavy atom. The predicted octanol–water partition coefficient (Wildman–Crippen LogP) is 2.82. The summed E-state index contributed by atoms with van der Waals surface area (Å²) in [6, 6.07) is 0. The molecular formula is C15H33IN4. The van der Waals surface area contributed by atoms with Crippen LogP contribution in [0, 0.1) is 5.92 Å². The van der Waals surface area contributed by atoms with E-state index in [0.29, 0.717) is 11.9 Å². The zero-order valence-corrected chi connectivity index (χ0v) is 15.6. The maximum absolute atomic E-state index is 5.87. The second kappa shape index (κ2) is 12.7. The second-order valence-electron chi connectivity index (χ2n) is 5.83. The molecule has 1 unspecified atom stereocenters. The summed E-state index contributed by atoms with van der Waals surface area (Å²) in [4.78, 5) is 6.98. The number of hydrogen-bond donors (Lipinski definition) is 2. The van der Waals surface area contributed by atoms with Crippen molar-refractivity contribution in [2.24, 2.45) is 16.6 Å². The Bertz CT molecular complexity index is 252. The first-order chi connectivity index (χ1) is 9.22. The standard InChI is InChI=1S/C15H32N4.HI/c1-3-4-5-6-9-17-15(16)18-12-14(2)13-19-10-7-8-11-19;/h14H,3-13H2,1-2H3,(H3,16,17,18);1H. The summed E-state index contributed by atoms with van der Waals surface area (Å²) in [7, 11) is 0. The highest BCUT2D eigenvalue weighted by molar-refractivity contribution is 14.0. The third-order valence-corrected chi connectivity index (χ3v) is 3.68. The quantitative estimate of drug-likeness (QED) is 0.273. The normalized spacial score (nSPS) is 17.8. The lowest BCUT2D eigenvalue weighted by Crippen LogP contribution is -2.33. The molecule has 0 amide bonds. The minimum Gasteiger partial charge on any atom is -0.370 e. The summed E-state index contributed by atoms with van der Waals surface area (Å²) in [6.07, 6.45) is 7.77. The van der Waals surface area contributed by atoms with Crippen molar-refractivity contribution in [1.82, 2.24) is 10.2 Å². The third-order valence-electron chi connectivity index (χ3n) is 3.68. The van der Waals surface area contributed by atoms with Crippen molar-refractivity contribution in [3.63, 3.8) is 0 Å². The zero-order chi connectivity index (χ0) is 13.9. The third kappa shape index (κ3) is 9.80. The lowest BCUT2D eigenvalue weighted by atomic mass is 10.2. The Hall–Kier alpha value is -0.0400. The van der Waals surface area contributed by atoms with Gasteiger partial charge in [-0.15, -0.1) is 24.0 Å². The maximum atomic E-state index is 5.87. The van der Waals surface area contributed by atoms with E-state index in [-0.39, 0.29) is 24.0 Å². The number of unbranched alkanes of at least 4 members (excludes halogenated alkanes) is 3. The molecule has 1 saturated heterocycles. The van der Waals surface area contributed by atoms with Crippen LogP contribution in [0.3, 0.4) is 0 Å². The molecule has 0 aromatic rings. The highest BCUT2D eigenvalue weighted by Gasteiger charge is 2.14. The lowest BCUT2D eigenvalue weighted by Gasteiger charge is -2.18. The van der Waals surface area contributed by atoms with E-state index < -0.39 is 0 Å². The van der Waals surface area contributed by atoms with Gasteiger partial charge < -0.3 is 16.0 Å². The van der Waals surface area contributed by atoms with Crippen LogP contribution in [0.25, 0.3) is 0 Å². The van der Waals surface area contributed by atoms with Gasteiger partial charge in [-0.05, 0) is 38.3 Å². The second-order valence-corrected chi connectivity index (χ2v) is 5.83. The molecule has 5 heteroatoms. The van der Waals surface area contributed by atoms with Gasteiger partial charge in [-0.25, -0.2) is 0 Å². The summed E-state index contributed by atoms with van der Waals surface area (Å²) in [6.45, 7) is 9.97. The SMILES string of the molecule is CCCCCCNC(N)=NCC(C)CN1CCCC1.I. The largest absolute Gasteiger partial charge is 0.370 e. The Balaban J connectivity index is 0.00000361. The Morgan fingerprint density at radius 2 is 1.95 bits per heavy atom. The van der Waals surface area contributed by atoms with Crippen molar-refractivity contribution in [2.45, 2.75) is 52.4 Å². The van der Waals surface area contributed by atoms with E-state index in [9.17, 15) is 0 Å². The van der Waals surface area contributed by atoms with E-state index in [1.54, 1.807) is 0 Å². The van der Waals surface area contributed by atoms with Gasteiger partial charge in [0.25, 0.3) is 0 Å². The molecule has 1 aliphatic rings. The van der Waals surface area contributed by atoms with E-state index in [4.69, 9.17) is 5.73 Å². The van der Waals surface area contributed by atoms with Crippen LogP contribution in [0.4, 0.5) is 0 Å². The van der Waals surface area contributed by atoms with Crippen molar-refractivity contribution in [2.75, 3.05) is 32.7 Å². The molecule has 20 heavy (non-hydrogen) atoms. The number of nitrogens with zero attached hydrogens (tertiary/aromatic N) is 2. The van der Waals surface area contributed by atoms with E-state index >= 15 is 0 Å². The average Bonchev–Trinajstić information content (AvgIpc) is 2.89. The van der Waals surface area contributed by atoms with Crippen molar-refractivity contribution < 1.29 is 0 Å². The molecule has 0 bridgehead atoms. The molecule has 3 N–H and O–H groups in total. The zero-order valence-electron chi connectivity index (χ0n) is 13.2. The van der Waals surface area contributed by atoms with Crippen molar-refractivity contribution in [3.8, 4) is 0 Å². The first-order valence-electron chi connectivity index (χ1n) is 7.98. The molecule has 1 heterocycles. The van der Waals surface area contributed by atoms with Crippen LogP contribution in [0.1, 0.15) is 52.4 Å². The molecule has 0 spiro atoms. The van der Waals surface area contributed by atoms with E-state index in [2.05, 4.69) is 29.1 Å². The van der Waals surface area contributed by atoms with Gasteiger partial charge in [0.2, 0.25) is 0 Å². The van der Waals surface area contributed by atoms with Crippen molar-refractivity contribution in [1.29, 1.82) is 0 Å². The van der Waals surface area contributed by atoms with Crippen LogP contribution in [0.2, 0.25) is 0 Å². The predicted molar refractivity (Wildman–Crippen MR) is 98.9 cm³/mol. The fraction of sp³-hybridized carbons (Fsp3) is 0.933. The van der Waals surface area contributed by atoms with Crippen LogP contribution in [0.5, 0.6) is 0 Å². The molecule has 0 aliphatic carbocycles. The molecule has 4 nitrogen and oxygen atoms in total. The van der Waals surface area contributed by atoms with Gasteiger partial charge in [0.15, 0.2) is 5.96 Å². The molecule has 0 aromatic heterocycles. The monoisotopic (exact) mass is 396 g/mol. The summed E-state index contributed by atoms with van der Waals surface area (Å²) >= 11 is 0. The lowest BCUT2D eigenvalue weighted by molar-refractivity contribution is 0.291. The maximum Gasteiger partial charge on any atom is 0.188 e. The van der Waals surface area contributed by atoms with Crippen molar-refractivity contribution >= 4 is 29.9 Å². The summed E-state index contributed by atoms with van der Waals surface area (Å²) in [5, 5.41) is 3.20. The first-order valence-corrected chi connectivity index (χ1v) is 7.98. The number of nitrogens with two attached hydrogens (primary N) is 1. The molecule has 120 valence electrons. The van der Waals surface area contributed by atoms with Gasteiger partial charge >= 0.3 is 0 Å². The fourth-order valence-electron chi connectivity index (χ4n) is 2.54. The van der Waals surface area contributed by atoms with Crippen LogP contribution in [0.15, 0.2) is 4.99 Å². The molecular weight excluding hydrogens is 363 g/mol. The fourth-order valence-corrected chi connectivity index (χ4v) is 2.54. The number of nitrogens with one attached hydrogen (secondary N) is 1. The smallest absolute Gasteiger partial charge is 0.188 e. The van der Waals surface area contributed by atoms with E-state index in [1.165, 1.54) is 51.6 Å². The highest BCUT2D eigenvalue weighted by Crippen LogP contribution is 2.10. The van der Waals surface area contributed by atoms with Crippen LogP contribution >= 0.6 is 24.0 Å². The number of rotatable bonds is 9. The number of halogens is 1. The minimum atomic E-state index is 0. The topological polar surface area (TPSA) is 53.6 Å². The number of aliphatic imine (C=N–C) groups is 1. The number of guanidine groups is 1. The number of likely N-dealkylation sites (tertiary alicyclic amines) is 1. The van der Waals surface area contributed by atoms with Gasteiger partial charge in [0, 0.05) is 19.6 Å². The van der Waals surface area contributed by atoms with Gasteiger partial charge in [0.05, 0.1) is 0 Å². The van der Waals surface area contributed by atoms with Crippen LogP contribution in [-0.2, 0) is 0 Å². The molecule has 0 saturated carbocycles. The average molecular weight is 396 g/mol. The first kappa shape index (κ1) is 20.0. The Morgan fingerprint density at radius 3 is 2.60 bits per heavy atom. The highest BCUT2D eigenvalue weighted by atomic mass is 127. The molecule has 1 atom stereocenters. The molecule has 1 fully saturated rings. The number of hydrogen-bond acceptors (Lipinski definition) is 2. The van der Waals surface area contributed by atoms with Crippen molar-refractivity contribution in [3.05, 3.63) is 0 Å².